The van der Waals surface area contributed by atoms with Crippen LogP contribution in [0.15, 0.2) is 24.3 Å². The molecule has 0 amide bonds. The standard InChI is InChI=1S/C16H25NO2/c1-19-12-9-14-7-3-4-8-15(14)17-13-16(18)10-5-2-6-11-16/h3-4,7-8,17-18H,2,5-6,9-13H2,1H3. The Morgan fingerprint density at radius 2 is 1.95 bits per heavy atom. The monoisotopic (exact) mass is 263 g/mol. The fourth-order valence-electron chi connectivity index (χ4n) is 2.77. The molecule has 0 aromatic heterocycles. The summed E-state index contributed by atoms with van der Waals surface area (Å²) in [5, 5.41) is 13.9. The quantitative estimate of drug-likeness (QED) is 0.829. The van der Waals surface area contributed by atoms with E-state index in [1.54, 1.807) is 7.11 Å². The van der Waals surface area contributed by atoms with Crippen LogP contribution in [0.25, 0.3) is 0 Å². The molecule has 0 bridgehead atoms. The Morgan fingerprint density at radius 1 is 1.21 bits per heavy atom. The summed E-state index contributed by atoms with van der Waals surface area (Å²) in [6.45, 7) is 1.37. The Balaban J connectivity index is 1.94. The molecule has 19 heavy (non-hydrogen) atoms. The number of benzene rings is 1. The minimum absolute atomic E-state index is 0.521. The van der Waals surface area contributed by atoms with Crippen molar-refractivity contribution in [3.05, 3.63) is 29.8 Å². The number of para-hydroxylation sites is 1. The molecular weight excluding hydrogens is 238 g/mol. The van der Waals surface area contributed by atoms with Crippen LogP contribution in [-0.2, 0) is 11.2 Å². The van der Waals surface area contributed by atoms with E-state index in [9.17, 15) is 5.11 Å². The molecule has 0 aliphatic heterocycles. The molecular formula is C16H25NO2. The summed E-state index contributed by atoms with van der Waals surface area (Å²) in [4.78, 5) is 0. The minimum atomic E-state index is -0.521. The van der Waals surface area contributed by atoms with Gasteiger partial charge in [-0.05, 0) is 30.9 Å². The van der Waals surface area contributed by atoms with E-state index in [2.05, 4.69) is 17.4 Å². The Bertz CT molecular complexity index is 386. The third-order valence-electron chi connectivity index (χ3n) is 3.99. The average molecular weight is 263 g/mol. The van der Waals surface area contributed by atoms with Crippen molar-refractivity contribution < 1.29 is 9.84 Å². The topological polar surface area (TPSA) is 41.5 Å². The largest absolute Gasteiger partial charge is 0.388 e. The number of nitrogens with one attached hydrogen (secondary N) is 1. The van der Waals surface area contributed by atoms with Gasteiger partial charge in [-0.15, -0.1) is 0 Å². The predicted molar refractivity (Wildman–Crippen MR) is 78.5 cm³/mol. The lowest BCUT2D eigenvalue weighted by atomic mass is 9.85. The van der Waals surface area contributed by atoms with Crippen molar-refractivity contribution in [2.24, 2.45) is 0 Å². The molecule has 0 radical (unpaired) electrons. The molecule has 1 fully saturated rings. The number of rotatable bonds is 6. The summed E-state index contributed by atoms with van der Waals surface area (Å²) in [5.41, 5.74) is 1.86. The molecule has 1 saturated carbocycles. The van der Waals surface area contributed by atoms with Crippen molar-refractivity contribution in [1.82, 2.24) is 0 Å². The summed E-state index contributed by atoms with van der Waals surface area (Å²) in [5.74, 6) is 0. The van der Waals surface area contributed by atoms with E-state index < -0.39 is 5.60 Å². The molecule has 1 aliphatic carbocycles. The highest BCUT2D eigenvalue weighted by Gasteiger charge is 2.28. The zero-order chi connectivity index (χ0) is 13.6. The van der Waals surface area contributed by atoms with Crippen LogP contribution in [0.5, 0.6) is 0 Å². The molecule has 3 nitrogen and oxygen atoms in total. The van der Waals surface area contributed by atoms with E-state index in [4.69, 9.17) is 4.74 Å². The van der Waals surface area contributed by atoms with Gasteiger partial charge >= 0.3 is 0 Å². The van der Waals surface area contributed by atoms with Crippen molar-refractivity contribution in [3.63, 3.8) is 0 Å². The molecule has 3 heteroatoms. The first-order valence-corrected chi connectivity index (χ1v) is 7.27. The highest BCUT2D eigenvalue weighted by atomic mass is 16.5. The van der Waals surface area contributed by atoms with Crippen molar-refractivity contribution in [2.45, 2.75) is 44.1 Å². The van der Waals surface area contributed by atoms with Gasteiger partial charge in [0.2, 0.25) is 0 Å². The second-order valence-electron chi connectivity index (χ2n) is 5.54. The van der Waals surface area contributed by atoms with Crippen LogP contribution in [0, 0.1) is 0 Å². The van der Waals surface area contributed by atoms with Crippen molar-refractivity contribution >= 4 is 5.69 Å². The van der Waals surface area contributed by atoms with Crippen LogP contribution < -0.4 is 5.32 Å². The average Bonchev–Trinajstić information content (AvgIpc) is 2.45. The summed E-state index contributed by atoms with van der Waals surface area (Å²) < 4.78 is 5.14. The van der Waals surface area contributed by atoms with E-state index in [0.717, 1.165) is 44.4 Å². The summed E-state index contributed by atoms with van der Waals surface area (Å²) in [6.07, 6.45) is 6.28. The lowest BCUT2D eigenvalue weighted by Crippen LogP contribution is -2.38. The van der Waals surface area contributed by atoms with Crippen LogP contribution in [0.3, 0.4) is 0 Å². The van der Waals surface area contributed by atoms with Crippen LogP contribution >= 0.6 is 0 Å². The molecule has 2 rings (SSSR count). The van der Waals surface area contributed by atoms with Gasteiger partial charge in [-0.1, -0.05) is 37.5 Å². The summed E-state index contributed by atoms with van der Waals surface area (Å²) >= 11 is 0. The molecule has 0 atom stereocenters. The SMILES string of the molecule is COCCc1ccccc1NCC1(O)CCCCC1. The maximum Gasteiger partial charge on any atom is 0.0819 e. The molecule has 0 spiro atoms. The fourth-order valence-corrected chi connectivity index (χ4v) is 2.77. The predicted octanol–water partition coefficient (Wildman–Crippen LogP) is 2.98. The number of aliphatic hydroxyl groups is 1. The van der Waals surface area contributed by atoms with E-state index in [0.29, 0.717) is 6.54 Å². The van der Waals surface area contributed by atoms with Crippen molar-refractivity contribution in [2.75, 3.05) is 25.6 Å². The zero-order valence-electron chi connectivity index (χ0n) is 11.8. The second kappa shape index (κ2) is 6.92. The van der Waals surface area contributed by atoms with Crippen LogP contribution in [-0.4, -0.2) is 31.0 Å². The van der Waals surface area contributed by atoms with E-state index in [1.165, 1.54) is 12.0 Å². The summed E-state index contributed by atoms with van der Waals surface area (Å²) in [6, 6.07) is 8.28. The third-order valence-corrected chi connectivity index (χ3v) is 3.99. The Hall–Kier alpha value is -1.06. The van der Waals surface area contributed by atoms with E-state index >= 15 is 0 Å². The van der Waals surface area contributed by atoms with E-state index in [-0.39, 0.29) is 0 Å². The van der Waals surface area contributed by atoms with Gasteiger partial charge in [0.1, 0.15) is 0 Å². The highest BCUT2D eigenvalue weighted by Crippen LogP contribution is 2.28. The molecule has 0 saturated heterocycles. The molecule has 106 valence electrons. The maximum atomic E-state index is 10.5. The van der Waals surface area contributed by atoms with Gasteiger partial charge in [-0.25, -0.2) is 0 Å². The molecule has 1 aromatic rings. The van der Waals surface area contributed by atoms with Gasteiger partial charge < -0.3 is 15.2 Å². The van der Waals surface area contributed by atoms with Gasteiger partial charge in [0.25, 0.3) is 0 Å². The number of methoxy groups -OCH3 is 1. The van der Waals surface area contributed by atoms with Crippen LogP contribution in [0.1, 0.15) is 37.7 Å². The number of anilines is 1. The van der Waals surface area contributed by atoms with Gasteiger partial charge in [0, 0.05) is 19.3 Å². The first-order valence-electron chi connectivity index (χ1n) is 7.27. The Labute approximate surface area is 116 Å². The molecule has 1 aliphatic rings. The number of hydrogen-bond donors (Lipinski definition) is 2. The lowest BCUT2D eigenvalue weighted by Gasteiger charge is -2.32. The van der Waals surface area contributed by atoms with E-state index in [1.807, 2.05) is 12.1 Å². The molecule has 2 N–H and O–H groups in total. The molecule has 0 heterocycles. The van der Waals surface area contributed by atoms with Gasteiger partial charge in [-0.3, -0.25) is 0 Å². The third kappa shape index (κ3) is 4.22. The normalized spacial score (nSPS) is 18.2. The first kappa shape index (κ1) is 14.4. The smallest absolute Gasteiger partial charge is 0.0819 e. The Morgan fingerprint density at radius 3 is 2.68 bits per heavy atom. The van der Waals surface area contributed by atoms with Gasteiger partial charge in [-0.2, -0.15) is 0 Å². The zero-order valence-corrected chi connectivity index (χ0v) is 11.8. The summed E-state index contributed by atoms with van der Waals surface area (Å²) in [7, 11) is 1.72. The number of hydrogen-bond acceptors (Lipinski definition) is 3. The molecule has 1 aromatic carbocycles. The minimum Gasteiger partial charge on any atom is -0.388 e. The first-order chi connectivity index (χ1) is 9.23. The highest BCUT2D eigenvalue weighted by molar-refractivity contribution is 5.51. The van der Waals surface area contributed by atoms with Crippen molar-refractivity contribution in [3.8, 4) is 0 Å². The van der Waals surface area contributed by atoms with Gasteiger partial charge in [0.15, 0.2) is 0 Å². The Kier molecular flexibility index (Phi) is 5.23. The van der Waals surface area contributed by atoms with Crippen LogP contribution in [0.2, 0.25) is 0 Å². The maximum absolute atomic E-state index is 10.5. The second-order valence-corrected chi connectivity index (χ2v) is 5.54. The number of ether oxygens (including phenoxy) is 1. The van der Waals surface area contributed by atoms with Gasteiger partial charge in [0.05, 0.1) is 12.2 Å². The van der Waals surface area contributed by atoms with Crippen LogP contribution in [0.4, 0.5) is 5.69 Å². The van der Waals surface area contributed by atoms with Crippen molar-refractivity contribution in [1.29, 1.82) is 0 Å². The fraction of sp³-hybridized carbons (Fsp3) is 0.625. The lowest BCUT2D eigenvalue weighted by molar-refractivity contribution is 0.0167. The molecule has 0 unspecified atom stereocenters.